The summed E-state index contributed by atoms with van der Waals surface area (Å²) in [6.45, 7) is 6.18. The molecule has 0 aromatic carbocycles. The Bertz CT molecular complexity index is 1270. The van der Waals surface area contributed by atoms with Gasteiger partial charge in [0.15, 0.2) is 0 Å². The van der Waals surface area contributed by atoms with Gasteiger partial charge in [-0.1, -0.05) is 220 Å². The number of aliphatic hydroxyl groups is 2. The second-order valence-electron chi connectivity index (χ2n) is 16.3. The number of ether oxygens (including phenoxy) is 1. The van der Waals surface area contributed by atoms with Gasteiger partial charge in [0.05, 0.1) is 25.2 Å². The lowest BCUT2D eigenvalue weighted by Crippen LogP contribution is -2.46. The van der Waals surface area contributed by atoms with E-state index >= 15 is 0 Å². The number of carbonyl (C=O) groups excluding carboxylic acids is 2. The quantitative estimate of drug-likeness (QED) is 0.0246. The number of unbranched alkanes of at least 4 members (excludes halogenated alkanes) is 17. The van der Waals surface area contributed by atoms with Crippen LogP contribution in [0.3, 0.4) is 0 Å². The summed E-state index contributed by atoms with van der Waals surface area (Å²) >= 11 is 0. The van der Waals surface area contributed by atoms with Crippen molar-refractivity contribution in [2.75, 3.05) is 6.61 Å². The van der Waals surface area contributed by atoms with Crippen LogP contribution in [0.4, 0.5) is 0 Å². The second-order valence-corrected chi connectivity index (χ2v) is 16.3. The zero-order chi connectivity index (χ0) is 44.5. The first-order valence-corrected chi connectivity index (χ1v) is 24.7. The molecule has 0 rings (SSSR count). The highest BCUT2D eigenvalue weighted by atomic mass is 16.5. The fraction of sp³-hybridized carbons (Fsp3) is 0.636. The summed E-state index contributed by atoms with van der Waals surface area (Å²) in [4.78, 5) is 26.1. The molecule has 3 N–H and O–H groups in total. The minimum Gasteiger partial charge on any atom is -0.462 e. The van der Waals surface area contributed by atoms with Crippen molar-refractivity contribution >= 4 is 11.9 Å². The number of aliphatic hydroxyl groups excluding tert-OH is 2. The van der Waals surface area contributed by atoms with E-state index in [2.05, 4.69) is 74.7 Å². The van der Waals surface area contributed by atoms with E-state index in [4.69, 9.17) is 4.74 Å². The highest BCUT2D eigenvalue weighted by molar-refractivity contribution is 5.77. The van der Waals surface area contributed by atoms with Crippen LogP contribution in [0, 0.1) is 0 Å². The van der Waals surface area contributed by atoms with Gasteiger partial charge in [0, 0.05) is 6.42 Å². The Morgan fingerprint density at radius 3 is 1.54 bits per heavy atom. The molecular weight excluding hydrogens is 755 g/mol. The largest absolute Gasteiger partial charge is 0.462 e. The van der Waals surface area contributed by atoms with Gasteiger partial charge in [-0.25, -0.2) is 0 Å². The van der Waals surface area contributed by atoms with E-state index in [9.17, 15) is 19.8 Å². The Balaban J connectivity index is 4.73. The van der Waals surface area contributed by atoms with Gasteiger partial charge in [-0.2, -0.15) is 0 Å². The molecule has 0 aliphatic carbocycles. The van der Waals surface area contributed by atoms with Gasteiger partial charge in [-0.05, 0) is 77.0 Å². The molecule has 0 spiro atoms. The first-order chi connectivity index (χ1) is 30.0. The minimum absolute atomic E-state index is 0.0261. The summed E-state index contributed by atoms with van der Waals surface area (Å²) in [5.41, 5.74) is 0. The maximum Gasteiger partial charge on any atom is 0.306 e. The van der Waals surface area contributed by atoms with E-state index in [1.807, 2.05) is 60.8 Å². The average molecular weight is 846 g/mol. The molecule has 0 aromatic heterocycles. The average Bonchev–Trinajstić information content (AvgIpc) is 3.25. The molecule has 0 aromatic rings. The van der Waals surface area contributed by atoms with Crippen LogP contribution in [0.2, 0.25) is 0 Å². The van der Waals surface area contributed by atoms with E-state index in [1.54, 1.807) is 0 Å². The third kappa shape index (κ3) is 43.0. The van der Waals surface area contributed by atoms with Gasteiger partial charge in [-0.15, -0.1) is 0 Å². The van der Waals surface area contributed by atoms with Gasteiger partial charge < -0.3 is 20.3 Å². The highest BCUT2D eigenvalue weighted by Crippen LogP contribution is 2.17. The Hall–Kier alpha value is -3.48. The summed E-state index contributed by atoms with van der Waals surface area (Å²) < 4.78 is 5.88. The first-order valence-electron chi connectivity index (χ1n) is 24.7. The number of hydrogen-bond acceptors (Lipinski definition) is 5. The van der Waals surface area contributed by atoms with E-state index in [0.29, 0.717) is 19.3 Å². The van der Waals surface area contributed by atoms with Gasteiger partial charge in [0.25, 0.3) is 0 Å². The molecule has 6 heteroatoms. The molecule has 0 fully saturated rings. The molecule has 0 bridgehead atoms. The summed E-state index contributed by atoms with van der Waals surface area (Å²) in [5, 5.41) is 23.7. The van der Waals surface area contributed by atoms with Crippen LogP contribution in [0.15, 0.2) is 109 Å². The fourth-order valence-electron chi connectivity index (χ4n) is 6.83. The zero-order valence-electron chi connectivity index (χ0n) is 39.2. The van der Waals surface area contributed by atoms with E-state index in [1.165, 1.54) is 64.2 Å². The van der Waals surface area contributed by atoms with E-state index in [-0.39, 0.29) is 24.9 Å². The van der Waals surface area contributed by atoms with Crippen LogP contribution in [0.25, 0.3) is 0 Å². The number of esters is 1. The lowest BCUT2D eigenvalue weighted by molar-refractivity contribution is -0.151. The minimum atomic E-state index is -0.812. The number of hydrogen-bond donors (Lipinski definition) is 3. The fourth-order valence-corrected chi connectivity index (χ4v) is 6.83. The number of rotatable bonds is 42. The van der Waals surface area contributed by atoms with Crippen molar-refractivity contribution in [1.82, 2.24) is 5.32 Å². The smallest absolute Gasteiger partial charge is 0.306 e. The molecular formula is C55H91NO5. The number of allylic oxidation sites excluding steroid dienone is 18. The third-order valence-electron chi connectivity index (χ3n) is 10.5. The van der Waals surface area contributed by atoms with Crippen LogP contribution in [0.5, 0.6) is 0 Å². The Kier molecular flexibility index (Phi) is 44.9. The van der Waals surface area contributed by atoms with Gasteiger partial charge in [-0.3, -0.25) is 9.59 Å². The van der Waals surface area contributed by atoms with E-state index < -0.39 is 18.2 Å². The summed E-state index contributed by atoms with van der Waals surface area (Å²) in [5.74, 6) is -0.575. The molecule has 0 heterocycles. The van der Waals surface area contributed by atoms with Crippen molar-refractivity contribution in [3.05, 3.63) is 109 Å². The SMILES string of the molecule is CC\C=C/C=C/C=C/C=C\C=C\C=C\CCCCCC(=O)OC(CCCC/C=C/C/C=C/C/C=C/CC)CC(=O)NC(CO)C(O)CCCCCCCCCCCCCCC. The van der Waals surface area contributed by atoms with Gasteiger partial charge in [0.1, 0.15) is 6.10 Å². The predicted octanol–water partition coefficient (Wildman–Crippen LogP) is 14.7. The number of amides is 1. The second kappa shape index (κ2) is 47.6. The van der Waals surface area contributed by atoms with Crippen LogP contribution in [-0.4, -0.2) is 46.9 Å². The van der Waals surface area contributed by atoms with E-state index in [0.717, 1.165) is 89.9 Å². The van der Waals surface area contributed by atoms with Gasteiger partial charge >= 0.3 is 5.97 Å². The molecule has 0 saturated heterocycles. The monoisotopic (exact) mass is 846 g/mol. The normalized spacial score (nSPS) is 14.2. The Morgan fingerprint density at radius 2 is 0.967 bits per heavy atom. The van der Waals surface area contributed by atoms with Crippen molar-refractivity contribution < 1.29 is 24.5 Å². The first kappa shape index (κ1) is 57.5. The molecule has 346 valence electrons. The molecule has 0 saturated carbocycles. The van der Waals surface area contributed by atoms with Crippen LogP contribution in [-0.2, 0) is 14.3 Å². The summed E-state index contributed by atoms with van der Waals surface area (Å²) in [7, 11) is 0. The van der Waals surface area contributed by atoms with Crippen LogP contribution >= 0.6 is 0 Å². The molecule has 6 nitrogen and oxygen atoms in total. The molecule has 61 heavy (non-hydrogen) atoms. The number of nitrogens with one attached hydrogen (secondary N) is 1. The standard InChI is InChI=1S/C55H91NO5/c1-4-7-10-13-16-19-22-25-26-27-28-30-33-36-39-42-45-48-55(60)61-51(46-43-40-37-34-31-24-21-18-15-12-9-6-3)49-54(59)56-52(50-57)53(58)47-44-41-38-35-32-29-23-20-17-14-11-8-5-2/h7,9-10,12-13,16,18-19,21-22,25-28,30-31,33-34,51-53,57-58H,4-6,8,11,14-15,17,20,23-24,29,32,35-50H2,1-3H3,(H,56,59)/b10-7-,12-9+,16-13+,21-18+,22-19+,26-25-,28-27+,33-30+,34-31+. The van der Waals surface area contributed by atoms with Crippen molar-refractivity contribution in [1.29, 1.82) is 0 Å². The lowest BCUT2D eigenvalue weighted by Gasteiger charge is -2.24. The lowest BCUT2D eigenvalue weighted by atomic mass is 10.0. The summed E-state index contributed by atoms with van der Waals surface area (Å²) in [6, 6.07) is -0.730. The van der Waals surface area contributed by atoms with Crippen molar-refractivity contribution in [3.63, 3.8) is 0 Å². The Labute approximate surface area is 375 Å². The summed E-state index contributed by atoms with van der Waals surface area (Å²) in [6.07, 6.45) is 64.3. The zero-order valence-corrected chi connectivity index (χ0v) is 39.2. The maximum absolute atomic E-state index is 13.2. The predicted molar refractivity (Wildman–Crippen MR) is 263 cm³/mol. The molecule has 0 aliphatic heterocycles. The molecule has 1 amide bonds. The van der Waals surface area contributed by atoms with Crippen LogP contribution in [0.1, 0.15) is 201 Å². The third-order valence-corrected chi connectivity index (χ3v) is 10.5. The molecule has 0 radical (unpaired) electrons. The van der Waals surface area contributed by atoms with Gasteiger partial charge in [0.2, 0.25) is 5.91 Å². The van der Waals surface area contributed by atoms with Crippen molar-refractivity contribution in [3.8, 4) is 0 Å². The topological polar surface area (TPSA) is 95.9 Å². The van der Waals surface area contributed by atoms with Crippen molar-refractivity contribution in [2.24, 2.45) is 0 Å². The highest BCUT2D eigenvalue weighted by Gasteiger charge is 2.24. The Morgan fingerprint density at radius 1 is 0.508 bits per heavy atom. The van der Waals surface area contributed by atoms with Crippen LogP contribution < -0.4 is 5.32 Å². The molecule has 3 unspecified atom stereocenters. The maximum atomic E-state index is 13.2. The molecule has 0 aliphatic rings. The number of carbonyl (C=O) groups is 2. The van der Waals surface area contributed by atoms with Crippen molar-refractivity contribution in [2.45, 2.75) is 219 Å². The molecule has 3 atom stereocenters.